The molecule has 1 fully saturated rings. The van der Waals surface area contributed by atoms with Crippen molar-refractivity contribution in [2.24, 2.45) is 0 Å². The molecule has 0 unspecified atom stereocenters. The first-order valence-electron chi connectivity index (χ1n) is 9.03. The fourth-order valence-corrected chi connectivity index (χ4v) is 4.10. The highest BCUT2D eigenvalue weighted by Gasteiger charge is 2.23. The van der Waals surface area contributed by atoms with E-state index in [1.807, 2.05) is 40.6 Å². The van der Waals surface area contributed by atoms with Gasteiger partial charge in [-0.05, 0) is 36.8 Å². The molecule has 1 aliphatic heterocycles. The van der Waals surface area contributed by atoms with Gasteiger partial charge in [0, 0.05) is 60.2 Å². The second-order valence-corrected chi connectivity index (χ2v) is 7.91. The number of aryl methyl sites for hydroxylation is 1. The molecule has 2 aromatic heterocycles. The van der Waals surface area contributed by atoms with E-state index >= 15 is 0 Å². The molecule has 2 amide bonds. The maximum Gasteiger partial charge on any atom is 0.323 e. The minimum Gasteiger partial charge on any atom is -0.368 e. The highest BCUT2D eigenvalue weighted by atomic mass is 35.5. The van der Waals surface area contributed by atoms with Gasteiger partial charge in [-0.15, -0.1) is 11.3 Å². The van der Waals surface area contributed by atoms with Crippen LogP contribution in [0.5, 0.6) is 0 Å². The number of carbonyl (C=O) groups is 1. The lowest BCUT2D eigenvalue weighted by Crippen LogP contribution is -2.50. The predicted molar refractivity (Wildman–Crippen MR) is 114 cm³/mol. The average molecular weight is 414 g/mol. The van der Waals surface area contributed by atoms with E-state index in [2.05, 4.69) is 27.1 Å². The van der Waals surface area contributed by atoms with Crippen molar-refractivity contribution in [2.45, 2.75) is 6.92 Å². The molecule has 0 bridgehead atoms. The number of pyridine rings is 1. The summed E-state index contributed by atoms with van der Waals surface area (Å²) in [6.45, 7) is 4.92. The number of carbonyl (C=O) groups excluding carboxylic acids is 1. The number of thiazole rings is 1. The van der Waals surface area contributed by atoms with Crippen molar-refractivity contribution in [1.29, 1.82) is 0 Å². The van der Waals surface area contributed by atoms with Gasteiger partial charge < -0.3 is 9.80 Å². The standard InChI is InChI=1S/C20H20ClN5OS/c1-14-4-5-16(21)11-18(14)25-7-9-26(10-8-25)20(27)24-19-23-17(13-28-19)15-3-2-6-22-12-15/h2-6,11-13H,7-10H2,1H3,(H,23,24,27). The predicted octanol–water partition coefficient (Wildman–Crippen LogP) is 4.52. The molecule has 0 saturated carbocycles. The number of nitrogens with one attached hydrogen (secondary N) is 1. The van der Waals surface area contributed by atoms with Gasteiger partial charge in [-0.3, -0.25) is 10.3 Å². The van der Waals surface area contributed by atoms with Crippen LogP contribution in [0.3, 0.4) is 0 Å². The molecule has 0 aliphatic carbocycles. The third-order valence-electron chi connectivity index (χ3n) is 4.75. The summed E-state index contributed by atoms with van der Waals surface area (Å²) in [5.74, 6) is 0. The molecular formula is C20H20ClN5OS. The number of halogens is 1. The fraction of sp³-hybridized carbons (Fsp3) is 0.250. The van der Waals surface area contributed by atoms with Crippen LogP contribution in [0.15, 0.2) is 48.1 Å². The van der Waals surface area contributed by atoms with Gasteiger partial charge in [0.05, 0.1) is 5.69 Å². The first kappa shape index (κ1) is 18.7. The first-order chi connectivity index (χ1) is 13.6. The summed E-state index contributed by atoms with van der Waals surface area (Å²) in [7, 11) is 0. The van der Waals surface area contributed by atoms with Crippen molar-refractivity contribution in [3.63, 3.8) is 0 Å². The maximum atomic E-state index is 12.6. The second kappa shape index (κ2) is 8.16. The number of hydrogen-bond donors (Lipinski definition) is 1. The number of hydrogen-bond acceptors (Lipinski definition) is 5. The zero-order valence-corrected chi connectivity index (χ0v) is 17.0. The van der Waals surface area contributed by atoms with E-state index in [9.17, 15) is 4.79 Å². The summed E-state index contributed by atoms with van der Waals surface area (Å²) < 4.78 is 0. The molecule has 1 aromatic carbocycles. The third kappa shape index (κ3) is 4.10. The van der Waals surface area contributed by atoms with Crippen molar-refractivity contribution in [3.8, 4) is 11.3 Å². The Hall–Kier alpha value is -2.64. The van der Waals surface area contributed by atoms with Crippen LogP contribution >= 0.6 is 22.9 Å². The van der Waals surface area contributed by atoms with Gasteiger partial charge in [0.1, 0.15) is 0 Å². The monoisotopic (exact) mass is 413 g/mol. The Kier molecular flexibility index (Phi) is 5.45. The van der Waals surface area contributed by atoms with Crippen LogP contribution in [0, 0.1) is 6.92 Å². The molecule has 6 nitrogen and oxygen atoms in total. The van der Waals surface area contributed by atoms with Crippen LogP contribution in [-0.2, 0) is 0 Å². The van der Waals surface area contributed by atoms with Crippen LogP contribution in [-0.4, -0.2) is 47.1 Å². The zero-order valence-electron chi connectivity index (χ0n) is 15.4. The molecule has 1 aliphatic rings. The van der Waals surface area contributed by atoms with Crippen LogP contribution in [0.1, 0.15) is 5.56 Å². The zero-order chi connectivity index (χ0) is 19.5. The normalized spacial score (nSPS) is 14.2. The molecule has 28 heavy (non-hydrogen) atoms. The Morgan fingerprint density at radius 3 is 2.79 bits per heavy atom. The Labute approximate surface area is 172 Å². The summed E-state index contributed by atoms with van der Waals surface area (Å²) in [5, 5.41) is 6.16. The molecule has 8 heteroatoms. The fourth-order valence-electron chi connectivity index (χ4n) is 3.22. The van der Waals surface area contributed by atoms with Gasteiger partial charge in [-0.1, -0.05) is 17.7 Å². The molecule has 4 rings (SSSR count). The number of urea groups is 1. The number of piperazine rings is 1. The van der Waals surface area contributed by atoms with Crippen molar-refractivity contribution < 1.29 is 4.79 Å². The van der Waals surface area contributed by atoms with Crippen molar-refractivity contribution >= 4 is 39.8 Å². The summed E-state index contributed by atoms with van der Waals surface area (Å²) in [6, 6.07) is 9.62. The van der Waals surface area contributed by atoms with Gasteiger partial charge in [-0.25, -0.2) is 9.78 Å². The number of aromatic nitrogens is 2. The molecule has 0 radical (unpaired) electrons. The van der Waals surface area contributed by atoms with Gasteiger partial charge in [0.15, 0.2) is 5.13 Å². The Balaban J connectivity index is 1.36. The number of nitrogens with zero attached hydrogens (tertiary/aromatic N) is 4. The van der Waals surface area contributed by atoms with Crippen molar-refractivity contribution in [2.75, 3.05) is 36.4 Å². The molecular weight excluding hydrogens is 394 g/mol. The summed E-state index contributed by atoms with van der Waals surface area (Å²) in [5.41, 5.74) is 4.07. The summed E-state index contributed by atoms with van der Waals surface area (Å²) in [6.07, 6.45) is 3.49. The van der Waals surface area contributed by atoms with Crippen LogP contribution < -0.4 is 10.2 Å². The topological polar surface area (TPSA) is 61.4 Å². The van der Waals surface area contributed by atoms with E-state index < -0.39 is 0 Å². The average Bonchev–Trinajstić information content (AvgIpc) is 3.19. The van der Waals surface area contributed by atoms with Crippen molar-refractivity contribution in [3.05, 3.63) is 58.7 Å². The quantitative estimate of drug-likeness (QED) is 0.685. The Bertz CT molecular complexity index is 970. The van der Waals surface area contributed by atoms with Crippen LogP contribution in [0.25, 0.3) is 11.3 Å². The second-order valence-electron chi connectivity index (χ2n) is 6.61. The smallest absolute Gasteiger partial charge is 0.323 e. The molecule has 144 valence electrons. The Morgan fingerprint density at radius 2 is 2.04 bits per heavy atom. The summed E-state index contributed by atoms with van der Waals surface area (Å²) in [4.78, 5) is 25.3. The van der Waals surface area contributed by atoms with E-state index in [-0.39, 0.29) is 6.03 Å². The number of amides is 2. The van der Waals surface area contributed by atoms with E-state index in [1.165, 1.54) is 16.9 Å². The SMILES string of the molecule is Cc1ccc(Cl)cc1N1CCN(C(=O)Nc2nc(-c3cccnc3)cs2)CC1. The van der Waals surface area contributed by atoms with E-state index in [4.69, 9.17) is 11.6 Å². The largest absolute Gasteiger partial charge is 0.368 e. The van der Waals surface area contributed by atoms with Gasteiger partial charge in [0.25, 0.3) is 0 Å². The van der Waals surface area contributed by atoms with Gasteiger partial charge in [-0.2, -0.15) is 0 Å². The molecule has 0 atom stereocenters. The molecule has 3 heterocycles. The van der Waals surface area contributed by atoms with E-state index in [0.717, 1.165) is 35.1 Å². The van der Waals surface area contributed by atoms with Crippen LogP contribution in [0.2, 0.25) is 5.02 Å². The lowest BCUT2D eigenvalue weighted by atomic mass is 10.1. The molecule has 1 N–H and O–H groups in total. The number of benzene rings is 1. The lowest BCUT2D eigenvalue weighted by molar-refractivity contribution is 0.208. The molecule has 1 saturated heterocycles. The molecule has 0 spiro atoms. The maximum absolute atomic E-state index is 12.6. The molecule has 3 aromatic rings. The van der Waals surface area contributed by atoms with Gasteiger partial charge in [0.2, 0.25) is 0 Å². The highest BCUT2D eigenvalue weighted by molar-refractivity contribution is 7.14. The minimum absolute atomic E-state index is 0.116. The number of anilines is 2. The van der Waals surface area contributed by atoms with E-state index in [1.54, 1.807) is 12.4 Å². The van der Waals surface area contributed by atoms with Crippen LogP contribution in [0.4, 0.5) is 15.6 Å². The van der Waals surface area contributed by atoms with Gasteiger partial charge >= 0.3 is 6.03 Å². The third-order valence-corrected chi connectivity index (χ3v) is 5.75. The minimum atomic E-state index is -0.116. The Morgan fingerprint density at radius 1 is 1.21 bits per heavy atom. The van der Waals surface area contributed by atoms with E-state index in [0.29, 0.717) is 18.2 Å². The first-order valence-corrected chi connectivity index (χ1v) is 10.3. The summed E-state index contributed by atoms with van der Waals surface area (Å²) >= 11 is 7.56. The highest BCUT2D eigenvalue weighted by Crippen LogP contribution is 2.26. The number of rotatable bonds is 3. The lowest BCUT2D eigenvalue weighted by Gasteiger charge is -2.36. The van der Waals surface area contributed by atoms with Crippen molar-refractivity contribution in [1.82, 2.24) is 14.9 Å².